The number of carboxylic acids is 1. The normalized spacial score (nSPS) is 13.2. The van der Waals surface area contributed by atoms with E-state index < -0.39 is 17.4 Å². The first-order chi connectivity index (χ1) is 9.95. The second-order valence-electron chi connectivity index (χ2n) is 4.73. The van der Waals surface area contributed by atoms with E-state index in [1.54, 1.807) is 54.6 Å². The highest BCUT2D eigenvalue weighted by Gasteiger charge is 2.37. The monoisotopic (exact) mass is 347 g/mol. The maximum atomic E-state index is 12.4. The summed E-state index contributed by atoms with van der Waals surface area (Å²) in [6.45, 7) is 1.47. The summed E-state index contributed by atoms with van der Waals surface area (Å²) < 4.78 is 0.614. The van der Waals surface area contributed by atoms with Gasteiger partial charge in [-0.2, -0.15) is 0 Å². The van der Waals surface area contributed by atoms with Gasteiger partial charge in [0.05, 0.1) is 5.56 Å². The Morgan fingerprint density at radius 2 is 1.62 bits per heavy atom. The van der Waals surface area contributed by atoms with E-state index in [1.165, 1.54) is 6.92 Å². The zero-order chi connectivity index (χ0) is 15.5. The maximum absolute atomic E-state index is 12.4. The van der Waals surface area contributed by atoms with Gasteiger partial charge in [-0.15, -0.1) is 0 Å². The third-order valence-electron chi connectivity index (χ3n) is 3.26. The van der Waals surface area contributed by atoms with Gasteiger partial charge in [-0.1, -0.05) is 42.5 Å². The molecule has 0 bridgehead atoms. The Morgan fingerprint density at radius 1 is 1.05 bits per heavy atom. The minimum atomic E-state index is -1.49. The van der Waals surface area contributed by atoms with Crippen LogP contribution in [0.2, 0.25) is 0 Å². The van der Waals surface area contributed by atoms with Gasteiger partial charge in [-0.3, -0.25) is 4.79 Å². The molecule has 4 nitrogen and oxygen atoms in total. The lowest BCUT2D eigenvalue weighted by Crippen LogP contribution is -2.49. The molecule has 0 saturated heterocycles. The highest BCUT2D eigenvalue weighted by Crippen LogP contribution is 2.23. The molecule has 0 heterocycles. The van der Waals surface area contributed by atoms with Crippen molar-refractivity contribution in [2.45, 2.75) is 12.5 Å². The Bertz CT molecular complexity index is 672. The standard InChI is InChI=1S/C16H14BrNO3/c1-16(15(20)21,11-7-3-2-4-8-11)18-14(19)12-9-5-6-10-13(12)17/h2-10H,1H3,(H,18,19)(H,20,21). The molecule has 5 heteroatoms. The molecule has 0 fully saturated rings. The number of carbonyl (C=O) groups excluding carboxylic acids is 1. The SMILES string of the molecule is CC(NC(=O)c1ccccc1Br)(C(=O)O)c1ccccc1. The van der Waals surface area contributed by atoms with Crippen LogP contribution in [0.5, 0.6) is 0 Å². The number of carboxylic acid groups (broad SMARTS) is 1. The van der Waals surface area contributed by atoms with E-state index in [9.17, 15) is 14.7 Å². The van der Waals surface area contributed by atoms with Crippen LogP contribution in [-0.4, -0.2) is 17.0 Å². The molecule has 0 aromatic heterocycles. The molecule has 21 heavy (non-hydrogen) atoms. The number of aliphatic carboxylic acids is 1. The van der Waals surface area contributed by atoms with Crippen molar-refractivity contribution in [1.29, 1.82) is 0 Å². The summed E-state index contributed by atoms with van der Waals surface area (Å²) in [6, 6.07) is 15.5. The van der Waals surface area contributed by atoms with Gasteiger partial charge in [0.2, 0.25) is 0 Å². The lowest BCUT2D eigenvalue weighted by atomic mass is 9.91. The molecule has 0 aliphatic heterocycles. The third kappa shape index (κ3) is 3.13. The molecule has 0 spiro atoms. The van der Waals surface area contributed by atoms with Crippen LogP contribution in [0.25, 0.3) is 0 Å². The van der Waals surface area contributed by atoms with E-state index in [1.807, 2.05) is 0 Å². The number of hydrogen-bond acceptors (Lipinski definition) is 2. The zero-order valence-corrected chi connectivity index (χ0v) is 12.9. The topological polar surface area (TPSA) is 66.4 Å². The maximum Gasteiger partial charge on any atom is 0.333 e. The van der Waals surface area contributed by atoms with E-state index in [2.05, 4.69) is 21.2 Å². The second kappa shape index (κ2) is 6.10. The molecule has 0 aliphatic carbocycles. The third-order valence-corrected chi connectivity index (χ3v) is 3.95. The fourth-order valence-electron chi connectivity index (χ4n) is 1.96. The molecule has 1 atom stereocenters. The van der Waals surface area contributed by atoms with Crippen LogP contribution in [0.4, 0.5) is 0 Å². The molecular formula is C16H14BrNO3. The van der Waals surface area contributed by atoms with Gasteiger partial charge in [0.1, 0.15) is 0 Å². The summed E-state index contributed by atoms with van der Waals surface area (Å²) in [5.74, 6) is -1.56. The summed E-state index contributed by atoms with van der Waals surface area (Å²) in [5.41, 5.74) is -0.591. The Labute approximate surface area is 130 Å². The Morgan fingerprint density at radius 3 is 2.19 bits per heavy atom. The van der Waals surface area contributed by atoms with E-state index in [4.69, 9.17) is 0 Å². The van der Waals surface area contributed by atoms with Crippen LogP contribution in [-0.2, 0) is 10.3 Å². The van der Waals surface area contributed by atoms with E-state index in [-0.39, 0.29) is 0 Å². The molecule has 2 rings (SSSR count). The van der Waals surface area contributed by atoms with Crippen LogP contribution < -0.4 is 5.32 Å². The van der Waals surface area contributed by atoms with E-state index in [0.717, 1.165) is 0 Å². The fraction of sp³-hybridized carbons (Fsp3) is 0.125. The number of hydrogen-bond donors (Lipinski definition) is 2. The van der Waals surface area contributed by atoms with Crippen molar-refractivity contribution in [3.8, 4) is 0 Å². The minimum absolute atomic E-state index is 0.390. The van der Waals surface area contributed by atoms with Crippen LogP contribution >= 0.6 is 15.9 Å². The number of rotatable bonds is 4. The minimum Gasteiger partial charge on any atom is -0.479 e. The van der Waals surface area contributed by atoms with Gasteiger partial charge in [0, 0.05) is 4.47 Å². The quantitative estimate of drug-likeness (QED) is 0.892. The van der Waals surface area contributed by atoms with Crippen molar-refractivity contribution in [1.82, 2.24) is 5.32 Å². The summed E-state index contributed by atoms with van der Waals surface area (Å²) in [5, 5.41) is 12.1. The predicted octanol–water partition coefficient (Wildman–Crippen LogP) is 3.18. The summed E-state index contributed by atoms with van der Waals surface area (Å²) in [4.78, 5) is 24.0. The predicted molar refractivity (Wildman–Crippen MR) is 83.0 cm³/mol. The van der Waals surface area contributed by atoms with Crippen LogP contribution in [0.1, 0.15) is 22.8 Å². The average molecular weight is 348 g/mol. The lowest BCUT2D eigenvalue weighted by Gasteiger charge is -2.27. The van der Waals surface area contributed by atoms with Crippen molar-refractivity contribution >= 4 is 27.8 Å². The lowest BCUT2D eigenvalue weighted by molar-refractivity contribution is -0.144. The Hall–Kier alpha value is -2.14. The molecular weight excluding hydrogens is 334 g/mol. The highest BCUT2D eigenvalue weighted by atomic mass is 79.9. The summed E-state index contributed by atoms with van der Waals surface area (Å²) in [6.07, 6.45) is 0. The fourth-order valence-corrected chi connectivity index (χ4v) is 2.43. The van der Waals surface area contributed by atoms with Crippen molar-refractivity contribution in [2.75, 3.05) is 0 Å². The van der Waals surface area contributed by atoms with Crippen molar-refractivity contribution < 1.29 is 14.7 Å². The number of amides is 1. The molecule has 1 unspecified atom stereocenters. The van der Waals surface area contributed by atoms with Gasteiger partial charge in [-0.25, -0.2) is 4.79 Å². The molecule has 1 amide bonds. The average Bonchev–Trinajstić information content (AvgIpc) is 2.48. The second-order valence-corrected chi connectivity index (χ2v) is 5.58. The molecule has 2 N–H and O–H groups in total. The first kappa shape index (κ1) is 15.3. The summed E-state index contributed by atoms with van der Waals surface area (Å²) >= 11 is 3.29. The molecule has 108 valence electrons. The number of benzene rings is 2. The van der Waals surface area contributed by atoms with E-state index in [0.29, 0.717) is 15.6 Å². The largest absolute Gasteiger partial charge is 0.479 e. The van der Waals surface area contributed by atoms with Gasteiger partial charge in [0.15, 0.2) is 5.54 Å². The highest BCUT2D eigenvalue weighted by molar-refractivity contribution is 9.10. The van der Waals surface area contributed by atoms with E-state index >= 15 is 0 Å². The van der Waals surface area contributed by atoms with Gasteiger partial charge >= 0.3 is 5.97 Å². The van der Waals surface area contributed by atoms with Crippen molar-refractivity contribution in [3.63, 3.8) is 0 Å². The van der Waals surface area contributed by atoms with Crippen LogP contribution in [0, 0.1) is 0 Å². The molecule has 0 radical (unpaired) electrons. The van der Waals surface area contributed by atoms with Crippen molar-refractivity contribution in [2.24, 2.45) is 0 Å². The zero-order valence-electron chi connectivity index (χ0n) is 11.3. The Kier molecular flexibility index (Phi) is 4.43. The van der Waals surface area contributed by atoms with Gasteiger partial charge in [0.25, 0.3) is 5.91 Å². The first-order valence-corrected chi connectivity index (χ1v) is 7.10. The van der Waals surface area contributed by atoms with Gasteiger partial charge < -0.3 is 10.4 Å². The smallest absolute Gasteiger partial charge is 0.333 e. The molecule has 0 saturated carbocycles. The number of nitrogens with one attached hydrogen (secondary N) is 1. The number of carbonyl (C=O) groups is 2. The first-order valence-electron chi connectivity index (χ1n) is 6.31. The summed E-state index contributed by atoms with van der Waals surface area (Å²) in [7, 11) is 0. The molecule has 2 aromatic carbocycles. The molecule has 2 aromatic rings. The molecule has 0 aliphatic rings. The van der Waals surface area contributed by atoms with Crippen molar-refractivity contribution in [3.05, 3.63) is 70.2 Å². The Balaban J connectivity index is 2.36. The van der Waals surface area contributed by atoms with Crippen LogP contribution in [0.3, 0.4) is 0 Å². The van der Waals surface area contributed by atoms with Crippen LogP contribution in [0.15, 0.2) is 59.1 Å². The van der Waals surface area contributed by atoms with Gasteiger partial charge in [-0.05, 0) is 40.5 Å². The number of halogens is 1.